The van der Waals surface area contributed by atoms with E-state index < -0.39 is 10.0 Å². The largest absolute Gasteiger partial charge is 0.494 e. The Balaban J connectivity index is 1.44. The molecule has 1 fully saturated rings. The van der Waals surface area contributed by atoms with Gasteiger partial charge in [0.05, 0.1) is 18.6 Å². The number of anilines is 1. The van der Waals surface area contributed by atoms with Crippen molar-refractivity contribution in [3.63, 3.8) is 0 Å². The molecule has 0 aliphatic carbocycles. The van der Waals surface area contributed by atoms with Gasteiger partial charge in [0.1, 0.15) is 5.75 Å². The summed E-state index contributed by atoms with van der Waals surface area (Å²) in [6.45, 7) is 6.49. The lowest BCUT2D eigenvalue weighted by Crippen LogP contribution is -2.32. The maximum atomic E-state index is 12.3. The van der Waals surface area contributed by atoms with E-state index in [9.17, 15) is 13.2 Å². The fraction of sp³-hybridized carbons (Fsp3) is 0.480. The summed E-state index contributed by atoms with van der Waals surface area (Å²) < 4.78 is 31.3. The van der Waals surface area contributed by atoms with Gasteiger partial charge in [-0.1, -0.05) is 24.3 Å². The normalized spacial score (nSPS) is 14.2. The summed E-state index contributed by atoms with van der Waals surface area (Å²) >= 11 is 0. The van der Waals surface area contributed by atoms with Gasteiger partial charge in [-0.25, -0.2) is 8.42 Å². The molecule has 8 heteroatoms. The molecule has 1 amide bonds. The van der Waals surface area contributed by atoms with Crippen LogP contribution in [0, 0.1) is 0 Å². The molecule has 0 aromatic heterocycles. The lowest BCUT2D eigenvalue weighted by molar-refractivity contribution is -0.121. The van der Waals surface area contributed by atoms with Crippen LogP contribution in [0.15, 0.2) is 48.5 Å². The molecule has 0 unspecified atom stereocenters. The maximum absolute atomic E-state index is 12.3. The highest BCUT2D eigenvalue weighted by Gasteiger charge is 2.18. The molecule has 0 spiro atoms. The van der Waals surface area contributed by atoms with Crippen molar-refractivity contribution in [1.29, 1.82) is 0 Å². The van der Waals surface area contributed by atoms with Crippen LogP contribution in [-0.4, -0.2) is 51.7 Å². The zero-order chi connectivity index (χ0) is 23.7. The van der Waals surface area contributed by atoms with E-state index in [1.807, 2.05) is 6.92 Å². The van der Waals surface area contributed by atoms with Crippen LogP contribution in [0.5, 0.6) is 5.75 Å². The minimum atomic E-state index is -3.45. The molecule has 2 aromatic rings. The molecule has 1 aliphatic heterocycles. The SMILES string of the molecule is CCOc1ccc(N(CCCC(=O)NCc2ccc(CN3CCCC3)cc2)S(C)(=O)=O)cc1. The predicted molar refractivity (Wildman–Crippen MR) is 132 cm³/mol. The summed E-state index contributed by atoms with van der Waals surface area (Å²) in [4.78, 5) is 14.8. The first-order valence-corrected chi connectivity index (χ1v) is 13.5. The molecule has 1 saturated heterocycles. The monoisotopic (exact) mass is 473 g/mol. The second-order valence-electron chi connectivity index (χ2n) is 8.44. The van der Waals surface area contributed by atoms with Gasteiger partial charge < -0.3 is 10.1 Å². The number of benzene rings is 2. The average Bonchev–Trinajstić information content (AvgIpc) is 3.29. The van der Waals surface area contributed by atoms with Crippen LogP contribution in [0.2, 0.25) is 0 Å². The van der Waals surface area contributed by atoms with Gasteiger partial charge in [-0.05, 0) is 74.7 Å². The number of carbonyl (C=O) groups excluding carboxylic acids is 1. The van der Waals surface area contributed by atoms with E-state index in [4.69, 9.17) is 4.74 Å². The van der Waals surface area contributed by atoms with Crippen molar-refractivity contribution in [2.75, 3.05) is 36.8 Å². The van der Waals surface area contributed by atoms with Crippen LogP contribution in [-0.2, 0) is 27.9 Å². The molecular weight excluding hydrogens is 438 g/mol. The average molecular weight is 474 g/mol. The van der Waals surface area contributed by atoms with E-state index >= 15 is 0 Å². The van der Waals surface area contributed by atoms with E-state index in [1.54, 1.807) is 24.3 Å². The lowest BCUT2D eigenvalue weighted by Gasteiger charge is -2.22. The van der Waals surface area contributed by atoms with Gasteiger partial charge in [0, 0.05) is 26.1 Å². The standard InChI is InChI=1S/C25H35N3O4S/c1-3-32-24-14-12-23(13-15-24)28(33(2,30)31)18-6-7-25(29)26-19-21-8-10-22(11-9-21)20-27-16-4-5-17-27/h8-15H,3-7,16-20H2,1-2H3,(H,26,29). The Morgan fingerprint density at radius 1 is 1.03 bits per heavy atom. The molecule has 33 heavy (non-hydrogen) atoms. The van der Waals surface area contributed by atoms with E-state index in [2.05, 4.69) is 34.5 Å². The van der Waals surface area contributed by atoms with Crippen LogP contribution in [0.25, 0.3) is 0 Å². The third-order valence-corrected chi connectivity index (χ3v) is 6.91. The third-order valence-electron chi connectivity index (χ3n) is 5.72. The van der Waals surface area contributed by atoms with Gasteiger partial charge in [0.15, 0.2) is 0 Å². The van der Waals surface area contributed by atoms with Crippen LogP contribution < -0.4 is 14.4 Å². The van der Waals surface area contributed by atoms with Gasteiger partial charge in [-0.3, -0.25) is 14.0 Å². The quantitative estimate of drug-likeness (QED) is 0.510. The first-order chi connectivity index (χ1) is 15.8. The van der Waals surface area contributed by atoms with Crippen molar-refractivity contribution >= 4 is 21.6 Å². The molecular formula is C25H35N3O4S. The Morgan fingerprint density at radius 2 is 1.67 bits per heavy atom. The zero-order valence-electron chi connectivity index (χ0n) is 19.6. The number of sulfonamides is 1. The number of likely N-dealkylation sites (tertiary alicyclic amines) is 1. The summed E-state index contributed by atoms with van der Waals surface area (Å²) in [6, 6.07) is 15.3. The highest BCUT2D eigenvalue weighted by Crippen LogP contribution is 2.22. The Hall–Kier alpha value is -2.58. The van der Waals surface area contributed by atoms with Gasteiger partial charge >= 0.3 is 0 Å². The molecule has 0 saturated carbocycles. The minimum absolute atomic E-state index is 0.0868. The minimum Gasteiger partial charge on any atom is -0.494 e. The third kappa shape index (κ3) is 8.05. The van der Waals surface area contributed by atoms with Crippen LogP contribution >= 0.6 is 0 Å². The summed E-state index contributed by atoms with van der Waals surface area (Å²) in [5.41, 5.74) is 2.91. The highest BCUT2D eigenvalue weighted by atomic mass is 32.2. The Bertz CT molecular complexity index is 985. The zero-order valence-corrected chi connectivity index (χ0v) is 20.4. The molecule has 0 atom stereocenters. The van der Waals surface area contributed by atoms with Crippen molar-refractivity contribution in [3.8, 4) is 5.75 Å². The molecule has 180 valence electrons. The van der Waals surface area contributed by atoms with Crippen molar-refractivity contribution in [2.24, 2.45) is 0 Å². The maximum Gasteiger partial charge on any atom is 0.232 e. The van der Waals surface area contributed by atoms with E-state index in [0.29, 0.717) is 31.0 Å². The Kier molecular flexibility index (Phi) is 9.14. The van der Waals surface area contributed by atoms with Gasteiger partial charge in [-0.15, -0.1) is 0 Å². The number of carbonyl (C=O) groups is 1. The highest BCUT2D eigenvalue weighted by molar-refractivity contribution is 7.92. The Morgan fingerprint density at radius 3 is 2.27 bits per heavy atom. The fourth-order valence-corrected chi connectivity index (χ4v) is 4.96. The number of amides is 1. The van der Waals surface area contributed by atoms with Crippen LogP contribution in [0.1, 0.15) is 43.7 Å². The molecule has 1 heterocycles. The number of rotatable bonds is 12. The number of ether oxygens (including phenoxy) is 1. The van der Waals surface area contributed by atoms with E-state index in [0.717, 1.165) is 12.1 Å². The number of hydrogen-bond donors (Lipinski definition) is 1. The molecule has 3 rings (SSSR count). The fourth-order valence-electron chi connectivity index (χ4n) is 4.00. The topological polar surface area (TPSA) is 79.0 Å². The molecule has 1 N–H and O–H groups in total. The van der Waals surface area contributed by atoms with Crippen molar-refractivity contribution in [1.82, 2.24) is 10.2 Å². The lowest BCUT2D eigenvalue weighted by atomic mass is 10.1. The molecule has 2 aromatic carbocycles. The van der Waals surface area contributed by atoms with Crippen molar-refractivity contribution in [3.05, 3.63) is 59.7 Å². The van der Waals surface area contributed by atoms with Gasteiger partial charge in [0.25, 0.3) is 0 Å². The number of nitrogens with one attached hydrogen (secondary N) is 1. The molecule has 1 aliphatic rings. The number of nitrogens with zero attached hydrogens (tertiary/aromatic N) is 2. The van der Waals surface area contributed by atoms with E-state index in [-0.39, 0.29) is 18.9 Å². The van der Waals surface area contributed by atoms with Gasteiger partial charge in [-0.2, -0.15) is 0 Å². The summed E-state index contributed by atoms with van der Waals surface area (Å²) in [6.07, 6.45) is 4.44. The van der Waals surface area contributed by atoms with Crippen molar-refractivity contribution in [2.45, 2.75) is 45.7 Å². The first-order valence-electron chi connectivity index (χ1n) is 11.6. The summed E-state index contributed by atoms with van der Waals surface area (Å²) in [7, 11) is -3.45. The smallest absolute Gasteiger partial charge is 0.232 e. The first kappa shape index (κ1) is 25.1. The van der Waals surface area contributed by atoms with Gasteiger partial charge in [0.2, 0.25) is 15.9 Å². The number of hydrogen-bond acceptors (Lipinski definition) is 5. The van der Waals surface area contributed by atoms with E-state index in [1.165, 1.54) is 42.1 Å². The second kappa shape index (κ2) is 12.0. The molecule has 7 nitrogen and oxygen atoms in total. The second-order valence-corrected chi connectivity index (χ2v) is 10.3. The summed E-state index contributed by atoms with van der Waals surface area (Å²) in [5, 5.41) is 2.93. The molecule has 0 radical (unpaired) electrons. The van der Waals surface area contributed by atoms with Crippen LogP contribution in [0.4, 0.5) is 5.69 Å². The summed E-state index contributed by atoms with van der Waals surface area (Å²) in [5.74, 6) is 0.606. The Labute approximate surface area is 197 Å². The van der Waals surface area contributed by atoms with Crippen molar-refractivity contribution < 1.29 is 17.9 Å². The van der Waals surface area contributed by atoms with Crippen LogP contribution in [0.3, 0.4) is 0 Å². The predicted octanol–water partition coefficient (Wildman–Crippen LogP) is 3.54. The molecule has 0 bridgehead atoms.